The number of thioether (sulfide) groups is 1. The van der Waals surface area contributed by atoms with Gasteiger partial charge < -0.3 is 15.5 Å². The second kappa shape index (κ2) is 7.11. The third-order valence-corrected chi connectivity index (χ3v) is 7.95. The van der Waals surface area contributed by atoms with Crippen molar-refractivity contribution in [1.82, 2.24) is 15.5 Å². The summed E-state index contributed by atoms with van der Waals surface area (Å²) in [6, 6.07) is 8.95. The van der Waals surface area contributed by atoms with Crippen LogP contribution < -0.4 is 10.6 Å². The van der Waals surface area contributed by atoms with Gasteiger partial charge in [0.1, 0.15) is 0 Å². The summed E-state index contributed by atoms with van der Waals surface area (Å²) in [7, 11) is 0. The number of fused-ring (bicyclic) bond motifs is 3. The minimum absolute atomic E-state index is 0.0108. The molecule has 0 spiro atoms. The van der Waals surface area contributed by atoms with Crippen LogP contribution >= 0.6 is 23.1 Å². The van der Waals surface area contributed by atoms with E-state index >= 15 is 0 Å². The van der Waals surface area contributed by atoms with Crippen LogP contribution in [-0.4, -0.2) is 59.4 Å². The maximum atomic E-state index is 12.7. The first kappa shape index (κ1) is 17.5. The molecule has 2 amide bonds. The summed E-state index contributed by atoms with van der Waals surface area (Å²) in [6.07, 6.45) is 3.41. The molecule has 2 aromatic rings. The number of carbonyl (C=O) groups excluding carboxylic acids is 2. The molecule has 2 bridgehead atoms. The smallest absolute Gasteiger partial charge is 0.264 e. The highest BCUT2D eigenvalue weighted by Crippen LogP contribution is 2.30. The van der Waals surface area contributed by atoms with E-state index in [1.165, 1.54) is 17.8 Å². The fourth-order valence-corrected chi connectivity index (χ4v) is 6.36. The predicted molar refractivity (Wildman–Crippen MR) is 111 cm³/mol. The Hall–Kier alpha value is -1.57. The van der Waals surface area contributed by atoms with Gasteiger partial charge in [-0.25, -0.2) is 0 Å². The molecule has 0 unspecified atom stereocenters. The number of benzene rings is 1. The van der Waals surface area contributed by atoms with E-state index in [2.05, 4.69) is 10.6 Å². The molecule has 3 saturated heterocycles. The third kappa shape index (κ3) is 3.37. The average Bonchev–Trinajstić information content (AvgIpc) is 3.42. The van der Waals surface area contributed by atoms with Gasteiger partial charge >= 0.3 is 0 Å². The lowest BCUT2D eigenvalue weighted by Gasteiger charge is -2.25. The summed E-state index contributed by atoms with van der Waals surface area (Å²) in [5.41, 5.74) is 0.677. The molecule has 142 valence electrons. The van der Waals surface area contributed by atoms with E-state index in [1.807, 2.05) is 40.9 Å². The van der Waals surface area contributed by atoms with Crippen LogP contribution in [0.2, 0.25) is 0 Å². The molecule has 4 heterocycles. The molecule has 0 radical (unpaired) electrons. The Morgan fingerprint density at radius 1 is 1.15 bits per heavy atom. The number of nitrogens with zero attached hydrogens (tertiary/aromatic N) is 1. The Bertz CT molecular complexity index is 890. The van der Waals surface area contributed by atoms with Gasteiger partial charge in [-0.2, -0.15) is 11.8 Å². The highest BCUT2D eigenvalue weighted by atomic mass is 32.2. The molecule has 0 saturated carbocycles. The molecule has 3 fully saturated rings. The van der Waals surface area contributed by atoms with E-state index in [9.17, 15) is 9.59 Å². The number of nitrogens with one attached hydrogen (secondary N) is 2. The van der Waals surface area contributed by atoms with E-state index < -0.39 is 0 Å². The van der Waals surface area contributed by atoms with Gasteiger partial charge in [0.05, 0.1) is 4.88 Å². The summed E-state index contributed by atoms with van der Waals surface area (Å²) in [6.45, 7) is 1.64. The highest BCUT2D eigenvalue weighted by molar-refractivity contribution is 7.99. The summed E-state index contributed by atoms with van der Waals surface area (Å²) < 4.78 is 1.06. The predicted octanol–water partition coefficient (Wildman–Crippen LogP) is 2.71. The zero-order valence-corrected chi connectivity index (χ0v) is 16.7. The number of carbonyl (C=O) groups is 2. The van der Waals surface area contributed by atoms with Crippen LogP contribution in [0, 0.1) is 0 Å². The fraction of sp³-hybridized carbons (Fsp3) is 0.500. The zero-order valence-electron chi connectivity index (χ0n) is 15.1. The second-order valence-corrected chi connectivity index (χ2v) is 9.94. The highest BCUT2D eigenvalue weighted by Gasteiger charge is 2.39. The molecule has 7 heteroatoms. The summed E-state index contributed by atoms with van der Waals surface area (Å²) in [5.74, 6) is 2.14. The molecule has 1 aromatic heterocycles. The first-order valence-corrected chi connectivity index (χ1v) is 11.6. The first-order chi connectivity index (χ1) is 13.2. The fourth-order valence-electron chi connectivity index (χ4n) is 4.45. The van der Waals surface area contributed by atoms with Gasteiger partial charge in [-0.15, -0.1) is 11.3 Å². The maximum absolute atomic E-state index is 12.7. The van der Waals surface area contributed by atoms with Crippen molar-refractivity contribution in [2.45, 2.75) is 37.4 Å². The van der Waals surface area contributed by atoms with Crippen LogP contribution in [0.25, 0.3) is 10.1 Å². The molecule has 2 N–H and O–H groups in total. The molecule has 27 heavy (non-hydrogen) atoms. The molecular weight excluding hydrogens is 378 g/mol. The van der Waals surface area contributed by atoms with Gasteiger partial charge in [0.25, 0.3) is 11.8 Å². The van der Waals surface area contributed by atoms with Gasteiger partial charge in [0.15, 0.2) is 0 Å². The lowest BCUT2D eigenvalue weighted by Crippen LogP contribution is -2.42. The Morgan fingerprint density at radius 3 is 2.74 bits per heavy atom. The number of amides is 2. The Kier molecular flexibility index (Phi) is 4.61. The van der Waals surface area contributed by atoms with Crippen molar-refractivity contribution < 1.29 is 9.59 Å². The van der Waals surface area contributed by atoms with Crippen LogP contribution in [0.1, 0.15) is 39.3 Å². The molecule has 5 rings (SSSR count). The van der Waals surface area contributed by atoms with Gasteiger partial charge in [-0.3, -0.25) is 9.59 Å². The number of hydrogen-bond donors (Lipinski definition) is 2. The SMILES string of the molecule is O=C(N[C@@H]1C[C@H]2CC[C@@H]1N2)c1ccc2sc(C(=O)N3CCSCC3)cc2c1. The van der Waals surface area contributed by atoms with Crippen LogP contribution in [0.5, 0.6) is 0 Å². The van der Waals surface area contributed by atoms with Crippen molar-refractivity contribution in [2.75, 3.05) is 24.6 Å². The van der Waals surface area contributed by atoms with Gasteiger partial charge in [-0.05, 0) is 48.9 Å². The van der Waals surface area contributed by atoms with Crippen molar-refractivity contribution in [3.05, 3.63) is 34.7 Å². The second-order valence-electron chi connectivity index (χ2n) is 7.63. The lowest BCUT2D eigenvalue weighted by molar-refractivity contribution is 0.0777. The first-order valence-electron chi connectivity index (χ1n) is 9.65. The molecule has 0 aliphatic carbocycles. The van der Waals surface area contributed by atoms with E-state index in [0.29, 0.717) is 17.6 Å². The van der Waals surface area contributed by atoms with Crippen LogP contribution in [-0.2, 0) is 0 Å². The molecule has 5 nitrogen and oxygen atoms in total. The Morgan fingerprint density at radius 2 is 2.00 bits per heavy atom. The molecular formula is C20H23N3O2S2. The number of thiophene rings is 1. The number of hydrogen-bond acceptors (Lipinski definition) is 5. The molecule has 3 aliphatic heterocycles. The third-order valence-electron chi connectivity index (χ3n) is 5.90. The van der Waals surface area contributed by atoms with Gasteiger partial charge in [0.2, 0.25) is 0 Å². The van der Waals surface area contributed by atoms with Crippen LogP contribution in [0.15, 0.2) is 24.3 Å². The normalized spacial score (nSPS) is 27.3. The summed E-state index contributed by atoms with van der Waals surface area (Å²) >= 11 is 3.42. The summed E-state index contributed by atoms with van der Waals surface area (Å²) in [5, 5.41) is 7.73. The van der Waals surface area contributed by atoms with Gasteiger partial charge in [0, 0.05) is 53.0 Å². The topological polar surface area (TPSA) is 61.4 Å². The lowest BCUT2D eigenvalue weighted by atomic mass is 9.95. The molecule has 1 aromatic carbocycles. The quantitative estimate of drug-likeness (QED) is 0.830. The monoisotopic (exact) mass is 401 g/mol. The largest absolute Gasteiger partial charge is 0.348 e. The maximum Gasteiger partial charge on any atom is 0.264 e. The molecule has 3 atom stereocenters. The van der Waals surface area contributed by atoms with E-state index in [0.717, 1.165) is 52.4 Å². The van der Waals surface area contributed by atoms with Crippen molar-refractivity contribution in [3.63, 3.8) is 0 Å². The van der Waals surface area contributed by atoms with Crippen molar-refractivity contribution in [1.29, 1.82) is 0 Å². The van der Waals surface area contributed by atoms with Crippen molar-refractivity contribution in [3.8, 4) is 0 Å². The standard InChI is InChI=1S/C20H23N3O2S2/c24-19(22-16-11-14-2-3-15(16)21-14)12-1-4-17-13(9-12)10-18(27-17)20(25)23-5-7-26-8-6-23/h1,4,9-10,14-16,21H,2-3,5-8,11H2,(H,22,24)/t14-,15+,16-/m1/s1. The van der Waals surface area contributed by atoms with E-state index in [1.54, 1.807) is 0 Å². The van der Waals surface area contributed by atoms with Gasteiger partial charge in [-0.1, -0.05) is 0 Å². The zero-order chi connectivity index (χ0) is 18.4. The average molecular weight is 402 g/mol. The van der Waals surface area contributed by atoms with Crippen molar-refractivity contribution in [2.24, 2.45) is 0 Å². The Balaban J connectivity index is 1.32. The summed E-state index contributed by atoms with van der Waals surface area (Å²) in [4.78, 5) is 28.1. The van der Waals surface area contributed by atoms with Crippen molar-refractivity contribution >= 4 is 45.0 Å². The minimum Gasteiger partial charge on any atom is -0.348 e. The van der Waals surface area contributed by atoms with Crippen LogP contribution in [0.3, 0.4) is 0 Å². The van der Waals surface area contributed by atoms with Crippen LogP contribution in [0.4, 0.5) is 0 Å². The van der Waals surface area contributed by atoms with E-state index in [4.69, 9.17) is 0 Å². The number of rotatable bonds is 3. The molecule has 3 aliphatic rings. The van der Waals surface area contributed by atoms with E-state index in [-0.39, 0.29) is 17.9 Å². The Labute approximate surface area is 166 Å². The minimum atomic E-state index is -0.0108.